The standard InChI is InChI=1S/C11H17N3O3S2/c1-2-19(16,17)10-7-18-4-3-14(10)11(15)9-5-8(12)6-13-9/h5-6,10,13H,2-4,7,12H2,1H3. The van der Waals surface area contributed by atoms with Gasteiger partial charge in [0.2, 0.25) is 0 Å². The van der Waals surface area contributed by atoms with Gasteiger partial charge in [-0.2, -0.15) is 11.8 Å². The van der Waals surface area contributed by atoms with Crippen LogP contribution in [0.25, 0.3) is 0 Å². The molecular formula is C11H17N3O3S2. The molecule has 1 fully saturated rings. The maximum Gasteiger partial charge on any atom is 0.271 e. The third kappa shape index (κ3) is 2.89. The van der Waals surface area contributed by atoms with Crippen molar-refractivity contribution in [2.24, 2.45) is 0 Å². The summed E-state index contributed by atoms with van der Waals surface area (Å²) < 4.78 is 24.1. The molecule has 1 amide bonds. The molecule has 1 aliphatic heterocycles. The molecule has 3 N–H and O–H groups in total. The van der Waals surface area contributed by atoms with Crippen molar-refractivity contribution in [2.45, 2.75) is 12.3 Å². The molecule has 8 heteroatoms. The average Bonchev–Trinajstić information content (AvgIpc) is 2.84. The highest BCUT2D eigenvalue weighted by Crippen LogP contribution is 2.23. The Bertz CT molecular complexity index is 567. The van der Waals surface area contributed by atoms with E-state index in [1.165, 1.54) is 17.2 Å². The largest absolute Gasteiger partial charge is 0.397 e. The minimum Gasteiger partial charge on any atom is -0.397 e. The molecule has 2 rings (SSSR count). The zero-order valence-corrected chi connectivity index (χ0v) is 12.3. The first-order valence-corrected chi connectivity index (χ1v) is 8.87. The van der Waals surface area contributed by atoms with Crippen molar-refractivity contribution in [1.82, 2.24) is 9.88 Å². The van der Waals surface area contributed by atoms with Crippen molar-refractivity contribution in [3.63, 3.8) is 0 Å². The van der Waals surface area contributed by atoms with Crippen molar-refractivity contribution in [3.05, 3.63) is 18.0 Å². The number of rotatable bonds is 3. The SMILES string of the molecule is CCS(=O)(=O)C1CSCCN1C(=O)c1cc(N)c[nH]1. The van der Waals surface area contributed by atoms with Gasteiger partial charge >= 0.3 is 0 Å². The number of thioether (sulfide) groups is 1. The second kappa shape index (κ2) is 5.46. The van der Waals surface area contributed by atoms with Crippen molar-refractivity contribution in [2.75, 3.05) is 29.5 Å². The monoisotopic (exact) mass is 303 g/mol. The van der Waals surface area contributed by atoms with Crippen LogP contribution in [0.4, 0.5) is 5.69 Å². The van der Waals surface area contributed by atoms with Crippen LogP contribution in [-0.2, 0) is 9.84 Å². The van der Waals surface area contributed by atoms with Crippen LogP contribution in [0.5, 0.6) is 0 Å². The number of sulfone groups is 1. The number of anilines is 1. The van der Waals surface area contributed by atoms with E-state index < -0.39 is 15.2 Å². The maximum atomic E-state index is 12.4. The topological polar surface area (TPSA) is 96.3 Å². The quantitative estimate of drug-likeness (QED) is 0.850. The van der Waals surface area contributed by atoms with Gasteiger partial charge in [-0.25, -0.2) is 8.42 Å². The van der Waals surface area contributed by atoms with Gasteiger partial charge in [0.15, 0.2) is 9.84 Å². The number of nitrogen functional groups attached to an aromatic ring is 1. The van der Waals surface area contributed by atoms with Crippen molar-refractivity contribution < 1.29 is 13.2 Å². The number of hydrogen-bond acceptors (Lipinski definition) is 5. The number of aromatic amines is 1. The van der Waals surface area contributed by atoms with Crippen molar-refractivity contribution in [1.29, 1.82) is 0 Å². The highest BCUT2D eigenvalue weighted by molar-refractivity contribution is 8.01. The van der Waals surface area contributed by atoms with Gasteiger partial charge in [-0.3, -0.25) is 4.79 Å². The molecule has 0 radical (unpaired) electrons. The number of hydrogen-bond donors (Lipinski definition) is 2. The molecule has 0 aromatic carbocycles. The second-order valence-corrected chi connectivity index (χ2v) is 7.92. The van der Waals surface area contributed by atoms with Gasteiger partial charge in [0.05, 0.1) is 0 Å². The van der Waals surface area contributed by atoms with Gasteiger partial charge in [0.1, 0.15) is 11.1 Å². The lowest BCUT2D eigenvalue weighted by Gasteiger charge is -2.34. The molecule has 1 aromatic rings. The molecular weight excluding hydrogens is 286 g/mol. The molecule has 1 aromatic heterocycles. The first kappa shape index (κ1) is 14.3. The lowest BCUT2D eigenvalue weighted by Crippen LogP contribution is -2.50. The van der Waals surface area contributed by atoms with Crippen LogP contribution in [0.3, 0.4) is 0 Å². The Morgan fingerprint density at radius 3 is 2.95 bits per heavy atom. The van der Waals surface area contributed by atoms with Crippen LogP contribution in [0.15, 0.2) is 12.3 Å². The summed E-state index contributed by atoms with van der Waals surface area (Å²) in [6.07, 6.45) is 1.52. The van der Waals surface area contributed by atoms with E-state index in [1.807, 2.05) is 0 Å². The fourth-order valence-electron chi connectivity index (χ4n) is 1.99. The number of amides is 1. The highest BCUT2D eigenvalue weighted by Gasteiger charge is 2.36. The average molecular weight is 303 g/mol. The summed E-state index contributed by atoms with van der Waals surface area (Å²) in [4.78, 5) is 16.6. The van der Waals surface area contributed by atoms with E-state index in [1.54, 1.807) is 18.7 Å². The summed E-state index contributed by atoms with van der Waals surface area (Å²) in [6.45, 7) is 2.04. The number of nitrogens with zero attached hydrogens (tertiary/aromatic N) is 1. The van der Waals surface area contributed by atoms with E-state index in [4.69, 9.17) is 5.73 Å². The maximum absolute atomic E-state index is 12.4. The summed E-state index contributed by atoms with van der Waals surface area (Å²) in [7, 11) is -3.28. The summed E-state index contributed by atoms with van der Waals surface area (Å²) in [6, 6.07) is 1.53. The normalized spacial score (nSPS) is 20.5. The molecule has 19 heavy (non-hydrogen) atoms. The molecule has 1 saturated heterocycles. The van der Waals surface area contributed by atoms with Crippen LogP contribution in [0.1, 0.15) is 17.4 Å². The predicted octanol–water partition coefficient (Wildman–Crippen LogP) is 0.547. The zero-order chi connectivity index (χ0) is 14.0. The Kier molecular flexibility index (Phi) is 4.10. The summed E-state index contributed by atoms with van der Waals surface area (Å²) >= 11 is 1.56. The van der Waals surface area contributed by atoms with Crippen LogP contribution in [-0.4, -0.2) is 53.4 Å². The lowest BCUT2D eigenvalue weighted by atomic mass is 10.3. The van der Waals surface area contributed by atoms with E-state index in [-0.39, 0.29) is 11.7 Å². The number of carbonyl (C=O) groups excluding carboxylic acids is 1. The minimum atomic E-state index is -3.28. The predicted molar refractivity (Wildman–Crippen MR) is 76.8 cm³/mol. The van der Waals surface area contributed by atoms with Crippen LogP contribution in [0, 0.1) is 0 Å². The number of aromatic nitrogens is 1. The number of nitrogens with one attached hydrogen (secondary N) is 1. The van der Waals surface area contributed by atoms with E-state index in [2.05, 4.69) is 4.98 Å². The van der Waals surface area contributed by atoms with E-state index in [9.17, 15) is 13.2 Å². The van der Waals surface area contributed by atoms with Crippen LogP contribution < -0.4 is 5.73 Å². The first-order chi connectivity index (χ1) is 8.95. The lowest BCUT2D eigenvalue weighted by molar-refractivity contribution is 0.0744. The molecule has 106 valence electrons. The van der Waals surface area contributed by atoms with E-state index in [0.29, 0.717) is 23.7 Å². The number of carbonyl (C=O) groups is 1. The van der Waals surface area contributed by atoms with Gasteiger partial charge in [-0.05, 0) is 6.07 Å². The molecule has 0 spiro atoms. The molecule has 0 bridgehead atoms. The summed E-state index contributed by atoms with van der Waals surface area (Å²) in [5.41, 5.74) is 6.36. The van der Waals surface area contributed by atoms with Gasteiger partial charge in [0.25, 0.3) is 5.91 Å². The molecule has 0 aliphatic carbocycles. The smallest absolute Gasteiger partial charge is 0.271 e. The fourth-order valence-corrected chi connectivity index (χ4v) is 4.96. The number of H-pyrrole nitrogens is 1. The number of nitrogens with two attached hydrogens (primary N) is 1. The Labute approximate surface area is 116 Å². The fraction of sp³-hybridized carbons (Fsp3) is 0.545. The zero-order valence-electron chi connectivity index (χ0n) is 10.6. The van der Waals surface area contributed by atoms with Crippen molar-refractivity contribution >= 4 is 33.2 Å². The molecule has 6 nitrogen and oxygen atoms in total. The Hall–Kier alpha value is -1.15. The Balaban J connectivity index is 2.27. The molecule has 1 aliphatic rings. The minimum absolute atomic E-state index is 0.0366. The molecule has 0 saturated carbocycles. The van der Waals surface area contributed by atoms with Crippen molar-refractivity contribution in [3.8, 4) is 0 Å². The second-order valence-electron chi connectivity index (χ2n) is 4.33. The molecule has 1 unspecified atom stereocenters. The molecule has 1 atom stereocenters. The summed E-state index contributed by atoms with van der Waals surface area (Å²) in [5, 5.41) is -0.742. The van der Waals surface area contributed by atoms with Gasteiger partial charge in [-0.15, -0.1) is 0 Å². The van der Waals surface area contributed by atoms with Gasteiger partial charge < -0.3 is 15.6 Å². The Morgan fingerprint density at radius 1 is 1.63 bits per heavy atom. The van der Waals surface area contributed by atoms with E-state index >= 15 is 0 Å². The first-order valence-electron chi connectivity index (χ1n) is 6.00. The molecule has 2 heterocycles. The Morgan fingerprint density at radius 2 is 2.37 bits per heavy atom. The third-order valence-electron chi connectivity index (χ3n) is 3.10. The summed E-state index contributed by atoms with van der Waals surface area (Å²) in [5.74, 6) is 0.906. The van der Waals surface area contributed by atoms with Gasteiger partial charge in [0, 0.05) is 35.7 Å². The van der Waals surface area contributed by atoms with Crippen LogP contribution >= 0.6 is 11.8 Å². The van der Waals surface area contributed by atoms with Gasteiger partial charge in [-0.1, -0.05) is 6.92 Å². The highest BCUT2D eigenvalue weighted by atomic mass is 32.2. The van der Waals surface area contributed by atoms with Crippen LogP contribution in [0.2, 0.25) is 0 Å². The third-order valence-corrected chi connectivity index (χ3v) is 6.39. The van der Waals surface area contributed by atoms with E-state index in [0.717, 1.165) is 5.75 Å².